The van der Waals surface area contributed by atoms with Crippen LogP contribution in [0.4, 0.5) is 0 Å². The molecule has 0 aromatic heterocycles. The standard InChI is InChI=1S/C19H22N2O5S/c1-3-21(13-18(22)23)19(24)17-11-16(10-9-14(17)2)27(25,26)20-12-15-7-5-4-6-8-15/h4-11,20H,3,12-13H2,1-2H3,(H,22,23). The summed E-state index contributed by atoms with van der Waals surface area (Å²) in [6, 6.07) is 13.3. The van der Waals surface area contributed by atoms with Crippen LogP contribution in [0.3, 0.4) is 0 Å². The van der Waals surface area contributed by atoms with Gasteiger partial charge in [0.15, 0.2) is 0 Å². The van der Waals surface area contributed by atoms with Crippen molar-refractivity contribution in [2.45, 2.75) is 25.3 Å². The van der Waals surface area contributed by atoms with Gasteiger partial charge in [0.2, 0.25) is 10.0 Å². The van der Waals surface area contributed by atoms with E-state index >= 15 is 0 Å². The minimum atomic E-state index is -3.82. The molecule has 2 aromatic carbocycles. The van der Waals surface area contributed by atoms with Crippen LogP contribution in [-0.4, -0.2) is 43.4 Å². The first-order valence-corrected chi connectivity index (χ1v) is 9.88. The normalized spacial score (nSPS) is 11.2. The molecule has 0 saturated carbocycles. The van der Waals surface area contributed by atoms with Gasteiger partial charge in [-0.05, 0) is 37.1 Å². The number of sulfonamides is 1. The van der Waals surface area contributed by atoms with Gasteiger partial charge in [-0.15, -0.1) is 0 Å². The Morgan fingerprint density at radius 1 is 1.11 bits per heavy atom. The summed E-state index contributed by atoms with van der Waals surface area (Å²) in [5.41, 5.74) is 1.55. The summed E-state index contributed by atoms with van der Waals surface area (Å²) in [7, 11) is -3.82. The minimum absolute atomic E-state index is 0.0428. The summed E-state index contributed by atoms with van der Waals surface area (Å²) >= 11 is 0. The fraction of sp³-hybridized carbons (Fsp3) is 0.263. The van der Waals surface area contributed by atoms with Crippen molar-refractivity contribution >= 4 is 21.9 Å². The zero-order valence-electron chi connectivity index (χ0n) is 15.2. The summed E-state index contributed by atoms with van der Waals surface area (Å²) in [4.78, 5) is 24.7. The van der Waals surface area contributed by atoms with E-state index in [-0.39, 0.29) is 23.5 Å². The monoisotopic (exact) mass is 390 g/mol. The van der Waals surface area contributed by atoms with Gasteiger partial charge >= 0.3 is 5.97 Å². The molecule has 144 valence electrons. The maximum atomic E-state index is 12.6. The van der Waals surface area contributed by atoms with Crippen LogP contribution in [0.2, 0.25) is 0 Å². The van der Waals surface area contributed by atoms with Crippen molar-refractivity contribution in [2.75, 3.05) is 13.1 Å². The number of carbonyl (C=O) groups is 2. The highest BCUT2D eigenvalue weighted by atomic mass is 32.2. The van der Waals surface area contributed by atoms with Crippen molar-refractivity contribution in [1.82, 2.24) is 9.62 Å². The topological polar surface area (TPSA) is 104 Å². The van der Waals surface area contributed by atoms with Gasteiger partial charge < -0.3 is 10.0 Å². The van der Waals surface area contributed by atoms with Crippen LogP contribution in [0.25, 0.3) is 0 Å². The van der Waals surface area contributed by atoms with Gasteiger partial charge in [-0.3, -0.25) is 9.59 Å². The Morgan fingerprint density at radius 2 is 1.78 bits per heavy atom. The summed E-state index contributed by atoms with van der Waals surface area (Å²) < 4.78 is 27.7. The molecule has 0 fully saturated rings. The fourth-order valence-corrected chi connectivity index (χ4v) is 3.56. The maximum absolute atomic E-state index is 12.6. The van der Waals surface area contributed by atoms with E-state index in [9.17, 15) is 18.0 Å². The van der Waals surface area contributed by atoms with E-state index in [1.807, 2.05) is 18.2 Å². The minimum Gasteiger partial charge on any atom is -0.480 e. The van der Waals surface area contributed by atoms with E-state index in [1.165, 1.54) is 12.1 Å². The van der Waals surface area contributed by atoms with E-state index in [4.69, 9.17) is 5.11 Å². The number of rotatable bonds is 8. The maximum Gasteiger partial charge on any atom is 0.323 e. The molecule has 2 rings (SSSR count). The number of likely N-dealkylation sites (N-methyl/N-ethyl adjacent to an activating group) is 1. The number of nitrogens with one attached hydrogen (secondary N) is 1. The number of hydrogen-bond acceptors (Lipinski definition) is 4. The highest BCUT2D eigenvalue weighted by molar-refractivity contribution is 7.89. The molecular weight excluding hydrogens is 368 g/mol. The number of carboxylic acid groups (broad SMARTS) is 1. The second-order valence-corrected chi connectivity index (χ2v) is 7.77. The van der Waals surface area contributed by atoms with Gasteiger partial charge in [-0.25, -0.2) is 13.1 Å². The second-order valence-electron chi connectivity index (χ2n) is 6.00. The van der Waals surface area contributed by atoms with Crippen molar-refractivity contribution in [3.63, 3.8) is 0 Å². The van der Waals surface area contributed by atoms with E-state index < -0.39 is 28.4 Å². The molecule has 2 aromatic rings. The van der Waals surface area contributed by atoms with Crippen molar-refractivity contribution in [2.24, 2.45) is 0 Å². The second kappa shape index (κ2) is 8.79. The summed E-state index contributed by atoms with van der Waals surface area (Å²) in [6.45, 7) is 3.22. The van der Waals surface area contributed by atoms with Gasteiger partial charge in [-0.1, -0.05) is 36.4 Å². The summed E-state index contributed by atoms with van der Waals surface area (Å²) in [5.74, 6) is -1.64. The molecule has 27 heavy (non-hydrogen) atoms. The third-order valence-corrected chi connectivity index (χ3v) is 5.45. The molecule has 0 saturated heterocycles. The molecule has 0 spiro atoms. The first-order valence-electron chi connectivity index (χ1n) is 8.40. The number of aryl methyl sites for hydroxylation is 1. The number of hydrogen-bond donors (Lipinski definition) is 2. The largest absolute Gasteiger partial charge is 0.480 e. The number of benzene rings is 2. The molecule has 0 atom stereocenters. The van der Waals surface area contributed by atoms with E-state index in [0.29, 0.717) is 5.56 Å². The Bertz CT molecular complexity index is 926. The molecule has 0 bridgehead atoms. The Morgan fingerprint density at radius 3 is 2.37 bits per heavy atom. The van der Waals surface area contributed by atoms with Crippen LogP contribution in [-0.2, 0) is 21.4 Å². The molecule has 7 nitrogen and oxygen atoms in total. The van der Waals surface area contributed by atoms with E-state index in [0.717, 1.165) is 10.5 Å². The fourth-order valence-electron chi connectivity index (χ4n) is 2.52. The van der Waals surface area contributed by atoms with Crippen molar-refractivity contribution in [3.8, 4) is 0 Å². The molecule has 0 aliphatic heterocycles. The van der Waals surface area contributed by atoms with Crippen LogP contribution < -0.4 is 4.72 Å². The van der Waals surface area contributed by atoms with E-state index in [1.54, 1.807) is 32.0 Å². The Kier molecular flexibility index (Phi) is 6.70. The lowest BCUT2D eigenvalue weighted by atomic mass is 10.1. The lowest BCUT2D eigenvalue weighted by Gasteiger charge is -2.20. The molecule has 0 aliphatic carbocycles. The third-order valence-electron chi connectivity index (χ3n) is 4.05. The SMILES string of the molecule is CCN(CC(=O)O)C(=O)c1cc(S(=O)(=O)NCc2ccccc2)ccc1C. The summed E-state index contributed by atoms with van der Waals surface area (Å²) in [6.07, 6.45) is 0. The Labute approximate surface area is 158 Å². The van der Waals surface area contributed by atoms with Gasteiger partial charge in [0.1, 0.15) is 6.54 Å². The smallest absolute Gasteiger partial charge is 0.323 e. The lowest BCUT2D eigenvalue weighted by molar-refractivity contribution is -0.137. The average Bonchev–Trinajstić information content (AvgIpc) is 2.65. The predicted molar refractivity (Wildman–Crippen MR) is 101 cm³/mol. The first-order chi connectivity index (χ1) is 12.7. The zero-order chi connectivity index (χ0) is 20.0. The van der Waals surface area contributed by atoms with Crippen LogP contribution in [0.5, 0.6) is 0 Å². The van der Waals surface area contributed by atoms with Gasteiger partial charge in [0, 0.05) is 18.7 Å². The van der Waals surface area contributed by atoms with Crippen LogP contribution >= 0.6 is 0 Å². The molecule has 2 N–H and O–H groups in total. The molecule has 0 radical (unpaired) electrons. The van der Waals surface area contributed by atoms with Crippen molar-refractivity contribution < 1.29 is 23.1 Å². The van der Waals surface area contributed by atoms with Crippen molar-refractivity contribution in [3.05, 3.63) is 65.2 Å². The van der Waals surface area contributed by atoms with Crippen LogP contribution in [0.1, 0.15) is 28.4 Å². The molecule has 0 heterocycles. The van der Waals surface area contributed by atoms with Crippen LogP contribution in [0, 0.1) is 6.92 Å². The van der Waals surface area contributed by atoms with Crippen LogP contribution in [0.15, 0.2) is 53.4 Å². The predicted octanol–water partition coefficient (Wildman–Crippen LogP) is 2.02. The molecule has 0 aliphatic rings. The zero-order valence-corrected chi connectivity index (χ0v) is 16.0. The van der Waals surface area contributed by atoms with Gasteiger partial charge in [-0.2, -0.15) is 0 Å². The van der Waals surface area contributed by atoms with Gasteiger partial charge in [0.05, 0.1) is 4.90 Å². The molecule has 0 unspecified atom stereocenters. The van der Waals surface area contributed by atoms with Gasteiger partial charge in [0.25, 0.3) is 5.91 Å². The Balaban J connectivity index is 2.27. The Hall–Kier alpha value is -2.71. The number of nitrogens with zero attached hydrogens (tertiary/aromatic N) is 1. The number of carbonyl (C=O) groups excluding carboxylic acids is 1. The quantitative estimate of drug-likeness (QED) is 0.718. The van der Waals surface area contributed by atoms with E-state index in [2.05, 4.69) is 4.72 Å². The molecule has 8 heteroatoms. The number of amides is 1. The average molecular weight is 390 g/mol. The number of aliphatic carboxylic acids is 1. The van der Waals surface area contributed by atoms with Crippen molar-refractivity contribution in [1.29, 1.82) is 0 Å². The molecule has 1 amide bonds. The summed E-state index contributed by atoms with van der Waals surface area (Å²) in [5, 5.41) is 8.94. The highest BCUT2D eigenvalue weighted by Gasteiger charge is 2.22. The number of carboxylic acids is 1. The lowest BCUT2D eigenvalue weighted by Crippen LogP contribution is -2.36. The third kappa shape index (κ3) is 5.38. The first kappa shape index (κ1) is 20.6. The highest BCUT2D eigenvalue weighted by Crippen LogP contribution is 2.18. The molecular formula is C19H22N2O5S.